The minimum Gasteiger partial charge on any atom is -0.478 e. The highest BCUT2D eigenvalue weighted by molar-refractivity contribution is 5.93. The Labute approximate surface area is 157 Å². The van der Waals surface area contributed by atoms with Crippen LogP contribution in [0.15, 0.2) is 35.0 Å². The van der Waals surface area contributed by atoms with Crippen LogP contribution in [0.2, 0.25) is 0 Å². The van der Waals surface area contributed by atoms with Gasteiger partial charge in [-0.1, -0.05) is 11.2 Å². The second-order valence-electron chi connectivity index (χ2n) is 7.75. The molecule has 27 heavy (non-hydrogen) atoms. The molecule has 0 unspecified atom stereocenters. The zero-order valence-electron chi connectivity index (χ0n) is 15.2. The first-order valence-electron chi connectivity index (χ1n) is 9.67. The van der Waals surface area contributed by atoms with Crippen LogP contribution in [0, 0.1) is 5.92 Å². The summed E-state index contributed by atoms with van der Waals surface area (Å²) in [7, 11) is 0. The Balaban J connectivity index is 1.15. The molecule has 2 aromatic heterocycles. The van der Waals surface area contributed by atoms with Gasteiger partial charge in [-0.25, -0.2) is 4.98 Å². The van der Waals surface area contributed by atoms with Gasteiger partial charge in [0.05, 0.1) is 19.7 Å². The molecule has 0 radical (unpaired) electrons. The van der Waals surface area contributed by atoms with Crippen LogP contribution < -0.4 is 4.74 Å². The SMILES string of the molecule is O=C(c1cc(C2CC2)on1)N1CC2(C1)OCC[C@@H]2CCOc1ccccn1. The maximum absolute atomic E-state index is 12.6. The average molecular weight is 369 g/mol. The number of amides is 1. The zero-order valence-corrected chi connectivity index (χ0v) is 15.2. The molecule has 2 aromatic rings. The molecule has 0 bridgehead atoms. The number of carbonyl (C=O) groups is 1. The minimum atomic E-state index is -0.230. The third-order valence-corrected chi connectivity index (χ3v) is 5.89. The molecule has 3 fully saturated rings. The summed E-state index contributed by atoms with van der Waals surface area (Å²) in [6, 6.07) is 7.45. The minimum absolute atomic E-state index is 0.0599. The van der Waals surface area contributed by atoms with Crippen LogP contribution in [0.4, 0.5) is 0 Å². The molecule has 5 rings (SSSR count). The van der Waals surface area contributed by atoms with Gasteiger partial charge in [-0.15, -0.1) is 0 Å². The van der Waals surface area contributed by atoms with Crippen molar-refractivity contribution in [2.45, 2.75) is 37.2 Å². The molecular formula is C20H23N3O4. The van der Waals surface area contributed by atoms with Gasteiger partial charge in [0.15, 0.2) is 5.69 Å². The van der Waals surface area contributed by atoms with Crippen molar-refractivity contribution in [3.63, 3.8) is 0 Å². The van der Waals surface area contributed by atoms with Gasteiger partial charge < -0.3 is 18.9 Å². The third kappa shape index (κ3) is 3.20. The van der Waals surface area contributed by atoms with Crippen molar-refractivity contribution in [1.29, 1.82) is 0 Å². The lowest BCUT2D eigenvalue weighted by Crippen LogP contribution is -2.66. The molecule has 1 spiro atoms. The summed E-state index contributed by atoms with van der Waals surface area (Å²) < 4.78 is 17.1. The zero-order chi connectivity index (χ0) is 18.3. The number of pyridine rings is 1. The quantitative estimate of drug-likeness (QED) is 0.779. The first kappa shape index (κ1) is 16.7. The Morgan fingerprint density at radius 2 is 2.19 bits per heavy atom. The second kappa shape index (κ2) is 6.64. The number of likely N-dealkylation sites (tertiary alicyclic amines) is 1. The van der Waals surface area contributed by atoms with Crippen LogP contribution in [0.1, 0.15) is 47.8 Å². The molecule has 142 valence electrons. The maximum atomic E-state index is 12.6. The van der Waals surface area contributed by atoms with E-state index in [-0.39, 0.29) is 11.5 Å². The van der Waals surface area contributed by atoms with Crippen molar-refractivity contribution in [3.8, 4) is 5.88 Å². The van der Waals surface area contributed by atoms with E-state index in [4.69, 9.17) is 14.0 Å². The van der Waals surface area contributed by atoms with Gasteiger partial charge in [-0.05, 0) is 37.7 Å². The number of aromatic nitrogens is 2. The van der Waals surface area contributed by atoms with Crippen LogP contribution in [-0.2, 0) is 4.74 Å². The Morgan fingerprint density at radius 3 is 2.96 bits per heavy atom. The van der Waals surface area contributed by atoms with Gasteiger partial charge in [-0.2, -0.15) is 0 Å². The van der Waals surface area contributed by atoms with Gasteiger partial charge in [-0.3, -0.25) is 4.79 Å². The highest BCUT2D eigenvalue weighted by Gasteiger charge is 2.54. The molecule has 1 atom stereocenters. The van der Waals surface area contributed by atoms with E-state index in [2.05, 4.69) is 10.1 Å². The molecule has 1 saturated carbocycles. The number of hydrogen-bond donors (Lipinski definition) is 0. The van der Waals surface area contributed by atoms with Gasteiger partial charge in [0, 0.05) is 30.9 Å². The summed E-state index contributed by atoms with van der Waals surface area (Å²) in [5.74, 6) is 2.28. The normalized spacial score (nSPS) is 23.4. The van der Waals surface area contributed by atoms with Crippen molar-refractivity contribution in [3.05, 3.63) is 41.9 Å². The molecule has 4 heterocycles. The molecule has 7 nitrogen and oxygen atoms in total. The van der Waals surface area contributed by atoms with E-state index in [0.717, 1.165) is 38.1 Å². The monoisotopic (exact) mass is 369 g/mol. The molecule has 3 aliphatic rings. The van der Waals surface area contributed by atoms with E-state index in [0.29, 0.717) is 43.1 Å². The van der Waals surface area contributed by atoms with E-state index in [1.807, 2.05) is 23.1 Å². The average Bonchev–Trinajstić information content (AvgIpc) is 3.24. The second-order valence-corrected chi connectivity index (χ2v) is 7.75. The van der Waals surface area contributed by atoms with E-state index in [9.17, 15) is 4.79 Å². The summed E-state index contributed by atoms with van der Waals surface area (Å²) in [5.41, 5.74) is 0.186. The smallest absolute Gasteiger partial charge is 0.276 e. The topological polar surface area (TPSA) is 77.7 Å². The van der Waals surface area contributed by atoms with Gasteiger partial charge in [0.2, 0.25) is 5.88 Å². The first-order valence-corrected chi connectivity index (χ1v) is 9.67. The van der Waals surface area contributed by atoms with Crippen molar-refractivity contribution in [2.24, 2.45) is 5.92 Å². The van der Waals surface area contributed by atoms with E-state index >= 15 is 0 Å². The lowest BCUT2D eigenvalue weighted by Gasteiger charge is -2.50. The largest absolute Gasteiger partial charge is 0.478 e. The number of nitrogens with zero attached hydrogens (tertiary/aromatic N) is 3. The molecular weight excluding hydrogens is 346 g/mol. The Bertz CT molecular complexity index is 812. The van der Waals surface area contributed by atoms with Crippen molar-refractivity contribution in [2.75, 3.05) is 26.3 Å². The van der Waals surface area contributed by atoms with E-state index in [1.54, 1.807) is 12.3 Å². The van der Waals surface area contributed by atoms with Crippen LogP contribution in [0.25, 0.3) is 0 Å². The number of rotatable bonds is 6. The van der Waals surface area contributed by atoms with Crippen molar-refractivity contribution < 1.29 is 18.8 Å². The van der Waals surface area contributed by atoms with Crippen LogP contribution >= 0.6 is 0 Å². The fraction of sp³-hybridized carbons (Fsp3) is 0.550. The van der Waals surface area contributed by atoms with Gasteiger partial charge in [0.25, 0.3) is 5.91 Å². The number of carbonyl (C=O) groups excluding carboxylic acids is 1. The van der Waals surface area contributed by atoms with Crippen molar-refractivity contribution >= 4 is 5.91 Å². The predicted octanol–water partition coefficient (Wildman–Crippen LogP) is 2.65. The van der Waals surface area contributed by atoms with Crippen LogP contribution in [0.5, 0.6) is 5.88 Å². The summed E-state index contributed by atoms with van der Waals surface area (Å²) in [5, 5.41) is 3.96. The summed E-state index contributed by atoms with van der Waals surface area (Å²) in [4.78, 5) is 18.6. The third-order valence-electron chi connectivity index (χ3n) is 5.89. The predicted molar refractivity (Wildman–Crippen MR) is 95.5 cm³/mol. The molecule has 0 N–H and O–H groups in total. The highest BCUT2D eigenvalue weighted by atomic mass is 16.5. The molecule has 1 aliphatic carbocycles. The standard InChI is InChI=1S/C20H23N3O4/c24-19(16-11-17(27-22-16)14-4-5-14)23-12-20(13-23)15(7-10-26-20)6-9-25-18-3-1-2-8-21-18/h1-3,8,11,14-15H,4-7,9-10,12-13H2/t15-/m0/s1. The fourth-order valence-corrected chi connectivity index (χ4v) is 4.14. The summed E-state index contributed by atoms with van der Waals surface area (Å²) in [6.45, 7) is 2.58. The highest BCUT2D eigenvalue weighted by Crippen LogP contribution is 2.43. The lowest BCUT2D eigenvalue weighted by atomic mass is 9.79. The van der Waals surface area contributed by atoms with E-state index in [1.165, 1.54) is 0 Å². The molecule has 2 saturated heterocycles. The summed E-state index contributed by atoms with van der Waals surface area (Å²) in [6.07, 6.45) is 5.89. The van der Waals surface area contributed by atoms with E-state index < -0.39 is 0 Å². The number of ether oxygens (including phenoxy) is 2. The van der Waals surface area contributed by atoms with Gasteiger partial charge in [0.1, 0.15) is 11.4 Å². The van der Waals surface area contributed by atoms with Crippen LogP contribution in [0.3, 0.4) is 0 Å². The maximum Gasteiger partial charge on any atom is 0.276 e. The Hall–Kier alpha value is -2.41. The number of hydrogen-bond acceptors (Lipinski definition) is 6. The molecule has 2 aliphatic heterocycles. The Morgan fingerprint density at radius 1 is 1.30 bits per heavy atom. The van der Waals surface area contributed by atoms with Crippen molar-refractivity contribution in [1.82, 2.24) is 15.0 Å². The van der Waals surface area contributed by atoms with Gasteiger partial charge >= 0.3 is 0 Å². The Kier molecular flexibility index (Phi) is 4.11. The molecule has 7 heteroatoms. The fourth-order valence-electron chi connectivity index (χ4n) is 4.14. The lowest BCUT2D eigenvalue weighted by molar-refractivity contribution is -0.119. The molecule has 0 aromatic carbocycles. The molecule has 1 amide bonds. The summed E-state index contributed by atoms with van der Waals surface area (Å²) >= 11 is 0. The first-order chi connectivity index (χ1) is 13.2. The van der Waals surface area contributed by atoms with Crippen LogP contribution in [-0.4, -0.2) is 52.9 Å².